The Balaban J connectivity index is 1.90. The van der Waals surface area contributed by atoms with Gasteiger partial charge in [0.1, 0.15) is 0 Å². The first kappa shape index (κ1) is 20.5. The summed E-state index contributed by atoms with van der Waals surface area (Å²) in [5.74, 6) is -1.57. The Morgan fingerprint density at radius 1 is 1.15 bits per heavy atom. The van der Waals surface area contributed by atoms with Gasteiger partial charge >= 0.3 is 12.1 Å². The molecule has 8 heteroatoms. The second-order valence-corrected chi connectivity index (χ2v) is 6.00. The van der Waals surface area contributed by atoms with Crippen molar-refractivity contribution in [3.05, 3.63) is 70.3 Å². The Hall–Kier alpha value is -2.80. The summed E-state index contributed by atoms with van der Waals surface area (Å²) in [4.78, 5) is 23.4. The molecule has 0 aliphatic heterocycles. The molecule has 0 spiro atoms. The molecule has 0 atom stereocenters. The maximum Gasteiger partial charge on any atom is 0.416 e. The summed E-state index contributed by atoms with van der Waals surface area (Å²) >= 11 is 5.78. The Labute approximate surface area is 158 Å². The molecule has 0 aliphatic rings. The zero-order valence-corrected chi connectivity index (χ0v) is 14.9. The third-order valence-electron chi connectivity index (χ3n) is 3.40. The van der Waals surface area contributed by atoms with E-state index in [-0.39, 0.29) is 10.7 Å². The molecule has 0 aromatic heterocycles. The van der Waals surface area contributed by atoms with E-state index in [0.717, 1.165) is 29.3 Å². The van der Waals surface area contributed by atoms with Gasteiger partial charge in [0.2, 0.25) is 0 Å². The lowest BCUT2D eigenvalue weighted by molar-refractivity contribution is -0.142. The molecule has 4 nitrogen and oxygen atoms in total. The minimum atomic E-state index is -4.57. The largest absolute Gasteiger partial charge is 0.452 e. The van der Waals surface area contributed by atoms with Gasteiger partial charge in [-0.15, -0.1) is 0 Å². The van der Waals surface area contributed by atoms with Crippen molar-refractivity contribution in [3.63, 3.8) is 0 Å². The van der Waals surface area contributed by atoms with Crippen LogP contribution in [0.4, 0.5) is 18.9 Å². The van der Waals surface area contributed by atoms with Crippen molar-refractivity contribution < 1.29 is 27.5 Å². The van der Waals surface area contributed by atoms with Crippen molar-refractivity contribution in [1.82, 2.24) is 0 Å². The molecule has 0 bridgehead atoms. The quantitative estimate of drug-likeness (QED) is 0.579. The Morgan fingerprint density at radius 3 is 2.44 bits per heavy atom. The van der Waals surface area contributed by atoms with Gasteiger partial charge in [0.25, 0.3) is 5.91 Å². The maximum atomic E-state index is 12.7. The number of aryl methyl sites for hydroxylation is 1. The number of alkyl halides is 3. The van der Waals surface area contributed by atoms with E-state index in [1.165, 1.54) is 6.08 Å². The number of carbonyl (C=O) groups excluding carboxylic acids is 2. The third-order valence-corrected chi connectivity index (χ3v) is 3.73. The Kier molecular flexibility index (Phi) is 6.63. The second-order valence-electron chi connectivity index (χ2n) is 5.59. The summed E-state index contributed by atoms with van der Waals surface area (Å²) in [6, 6.07) is 9.89. The lowest BCUT2D eigenvalue weighted by Crippen LogP contribution is -2.20. The fraction of sp³-hybridized carbons (Fsp3) is 0.158. The summed E-state index contributed by atoms with van der Waals surface area (Å²) < 4.78 is 42.9. The number of esters is 1. The fourth-order valence-corrected chi connectivity index (χ4v) is 2.18. The Morgan fingerprint density at radius 2 is 1.81 bits per heavy atom. The maximum absolute atomic E-state index is 12.7. The van der Waals surface area contributed by atoms with E-state index in [1.54, 1.807) is 0 Å². The predicted octanol–water partition coefficient (Wildman–Crippen LogP) is 4.86. The molecular weight excluding hydrogens is 383 g/mol. The van der Waals surface area contributed by atoms with Crippen molar-refractivity contribution in [2.45, 2.75) is 13.1 Å². The smallest absolute Gasteiger partial charge is 0.416 e. The van der Waals surface area contributed by atoms with E-state index in [0.29, 0.717) is 6.07 Å². The first-order valence-electron chi connectivity index (χ1n) is 7.73. The molecule has 1 amide bonds. The van der Waals surface area contributed by atoms with Gasteiger partial charge in [-0.3, -0.25) is 4.79 Å². The van der Waals surface area contributed by atoms with E-state index in [2.05, 4.69) is 5.32 Å². The SMILES string of the molecule is Cc1ccc(C=CC(=O)OCC(=O)Nc2cc(C(F)(F)F)ccc2Cl)cc1. The molecule has 0 aliphatic carbocycles. The molecule has 2 aromatic rings. The molecule has 0 saturated carbocycles. The van der Waals surface area contributed by atoms with E-state index in [4.69, 9.17) is 16.3 Å². The van der Waals surface area contributed by atoms with Gasteiger partial charge in [-0.2, -0.15) is 13.2 Å². The van der Waals surface area contributed by atoms with Crippen LogP contribution >= 0.6 is 11.6 Å². The number of rotatable bonds is 5. The molecule has 0 heterocycles. The number of amides is 1. The van der Waals surface area contributed by atoms with Gasteiger partial charge in [-0.25, -0.2) is 4.79 Å². The van der Waals surface area contributed by atoms with Crippen LogP contribution in [0.25, 0.3) is 6.08 Å². The summed E-state index contributed by atoms with van der Waals surface area (Å²) in [6.45, 7) is 1.26. The van der Waals surface area contributed by atoms with Gasteiger partial charge in [0.05, 0.1) is 16.3 Å². The van der Waals surface area contributed by atoms with Crippen LogP contribution in [0.15, 0.2) is 48.5 Å². The highest BCUT2D eigenvalue weighted by Gasteiger charge is 2.31. The van der Waals surface area contributed by atoms with Gasteiger partial charge in [-0.05, 0) is 36.8 Å². The van der Waals surface area contributed by atoms with Crippen molar-refractivity contribution in [3.8, 4) is 0 Å². The van der Waals surface area contributed by atoms with E-state index in [9.17, 15) is 22.8 Å². The van der Waals surface area contributed by atoms with Crippen LogP contribution in [0.3, 0.4) is 0 Å². The average molecular weight is 398 g/mol. The first-order valence-corrected chi connectivity index (χ1v) is 8.11. The highest BCUT2D eigenvalue weighted by molar-refractivity contribution is 6.33. The molecule has 142 valence electrons. The zero-order chi connectivity index (χ0) is 20.0. The van der Waals surface area contributed by atoms with Crippen molar-refractivity contribution in [2.24, 2.45) is 0 Å². The van der Waals surface area contributed by atoms with E-state index in [1.807, 2.05) is 31.2 Å². The molecule has 27 heavy (non-hydrogen) atoms. The van der Waals surface area contributed by atoms with Crippen molar-refractivity contribution >= 4 is 35.2 Å². The van der Waals surface area contributed by atoms with Crippen LogP contribution in [0.5, 0.6) is 0 Å². The summed E-state index contributed by atoms with van der Waals surface area (Å²) in [5.41, 5.74) is 0.667. The van der Waals surface area contributed by atoms with Crippen molar-refractivity contribution in [2.75, 3.05) is 11.9 Å². The third kappa shape index (κ3) is 6.45. The van der Waals surface area contributed by atoms with E-state index >= 15 is 0 Å². The second kappa shape index (κ2) is 8.73. The minimum absolute atomic E-state index is 0.0676. The number of carbonyl (C=O) groups is 2. The summed E-state index contributed by atoms with van der Waals surface area (Å²) in [5, 5.41) is 2.12. The highest BCUT2D eigenvalue weighted by atomic mass is 35.5. The number of hydrogen-bond acceptors (Lipinski definition) is 3. The average Bonchev–Trinajstić information content (AvgIpc) is 2.60. The fourth-order valence-electron chi connectivity index (χ4n) is 2.01. The first-order chi connectivity index (χ1) is 12.6. The van der Waals surface area contributed by atoms with Crippen LogP contribution in [0.2, 0.25) is 5.02 Å². The number of nitrogens with one attached hydrogen (secondary N) is 1. The number of ether oxygens (including phenoxy) is 1. The topological polar surface area (TPSA) is 55.4 Å². The molecular formula is C19H15ClF3NO3. The van der Waals surface area contributed by atoms with Gasteiger partial charge in [0, 0.05) is 6.08 Å². The number of hydrogen-bond donors (Lipinski definition) is 1. The number of halogens is 4. The standard InChI is InChI=1S/C19H15ClF3NO3/c1-12-2-4-13(5-3-12)6-9-18(26)27-11-17(25)24-16-10-14(19(21,22)23)7-8-15(16)20/h2-10H,11H2,1H3,(H,24,25). The summed E-state index contributed by atoms with van der Waals surface area (Å²) in [7, 11) is 0. The van der Waals surface area contributed by atoms with Crippen LogP contribution in [0.1, 0.15) is 16.7 Å². The molecule has 2 rings (SSSR count). The van der Waals surface area contributed by atoms with Gasteiger partial charge in [-0.1, -0.05) is 41.4 Å². The molecule has 1 N–H and O–H groups in total. The van der Waals surface area contributed by atoms with E-state index < -0.39 is 30.2 Å². The molecule has 0 fully saturated rings. The van der Waals surface area contributed by atoms with Crippen LogP contribution in [-0.2, 0) is 20.5 Å². The monoisotopic (exact) mass is 397 g/mol. The number of benzene rings is 2. The van der Waals surface area contributed by atoms with Crippen LogP contribution in [0, 0.1) is 6.92 Å². The molecule has 2 aromatic carbocycles. The molecule has 0 saturated heterocycles. The minimum Gasteiger partial charge on any atom is -0.452 e. The van der Waals surface area contributed by atoms with Gasteiger partial charge < -0.3 is 10.1 Å². The lowest BCUT2D eigenvalue weighted by atomic mass is 10.1. The van der Waals surface area contributed by atoms with Crippen molar-refractivity contribution in [1.29, 1.82) is 0 Å². The highest BCUT2D eigenvalue weighted by Crippen LogP contribution is 2.33. The predicted molar refractivity (Wildman–Crippen MR) is 96.3 cm³/mol. The normalized spacial score (nSPS) is 11.4. The lowest BCUT2D eigenvalue weighted by Gasteiger charge is -2.11. The molecule has 0 radical (unpaired) electrons. The molecule has 0 unspecified atom stereocenters. The van der Waals surface area contributed by atoms with Gasteiger partial charge in [0.15, 0.2) is 6.61 Å². The zero-order valence-electron chi connectivity index (χ0n) is 14.1. The number of anilines is 1. The van der Waals surface area contributed by atoms with Crippen LogP contribution in [-0.4, -0.2) is 18.5 Å². The summed E-state index contributed by atoms with van der Waals surface area (Å²) in [6.07, 6.45) is -1.91. The van der Waals surface area contributed by atoms with Crippen LogP contribution < -0.4 is 5.32 Å². The Bertz CT molecular complexity index is 861.